The highest BCUT2D eigenvalue weighted by Crippen LogP contribution is 2.26. The van der Waals surface area contributed by atoms with E-state index in [9.17, 15) is 0 Å². The Morgan fingerprint density at radius 2 is 1.80 bits per heavy atom. The van der Waals surface area contributed by atoms with Gasteiger partial charge in [-0.25, -0.2) is 0 Å². The standard InChI is InChI=1S/C18H30N2/c1-3-20(17-12-8-5-9-13-17)14-15(2)18(19)16-10-6-4-7-11-16/h4,6-7,10-11,15,17-18H,3,5,8-9,12-14,19H2,1-2H3. The van der Waals surface area contributed by atoms with Gasteiger partial charge in [-0.2, -0.15) is 0 Å². The van der Waals surface area contributed by atoms with Crippen molar-refractivity contribution in [3.8, 4) is 0 Å². The van der Waals surface area contributed by atoms with E-state index in [-0.39, 0.29) is 6.04 Å². The summed E-state index contributed by atoms with van der Waals surface area (Å²) < 4.78 is 0. The quantitative estimate of drug-likeness (QED) is 0.850. The summed E-state index contributed by atoms with van der Waals surface area (Å²) in [6.45, 7) is 6.85. The van der Waals surface area contributed by atoms with Gasteiger partial charge < -0.3 is 10.6 Å². The zero-order valence-corrected chi connectivity index (χ0v) is 13.1. The van der Waals surface area contributed by atoms with Crippen molar-refractivity contribution in [2.75, 3.05) is 13.1 Å². The van der Waals surface area contributed by atoms with Gasteiger partial charge in [0.15, 0.2) is 0 Å². The van der Waals surface area contributed by atoms with Crippen LogP contribution in [0.4, 0.5) is 0 Å². The van der Waals surface area contributed by atoms with Gasteiger partial charge in [0.25, 0.3) is 0 Å². The van der Waals surface area contributed by atoms with Gasteiger partial charge in [0.1, 0.15) is 0 Å². The van der Waals surface area contributed by atoms with Crippen LogP contribution in [0.15, 0.2) is 30.3 Å². The minimum atomic E-state index is 0.147. The molecule has 2 N–H and O–H groups in total. The van der Waals surface area contributed by atoms with Gasteiger partial charge in [-0.1, -0.05) is 63.4 Å². The third-order valence-electron chi connectivity index (χ3n) is 4.82. The van der Waals surface area contributed by atoms with E-state index in [1.807, 2.05) is 0 Å². The highest BCUT2D eigenvalue weighted by molar-refractivity contribution is 5.19. The Morgan fingerprint density at radius 3 is 2.40 bits per heavy atom. The number of nitrogens with zero attached hydrogens (tertiary/aromatic N) is 1. The summed E-state index contributed by atoms with van der Waals surface area (Å²) in [6, 6.07) is 11.5. The molecule has 0 spiro atoms. The van der Waals surface area contributed by atoms with Gasteiger partial charge in [0.05, 0.1) is 0 Å². The largest absolute Gasteiger partial charge is 0.324 e. The predicted molar refractivity (Wildman–Crippen MR) is 86.7 cm³/mol. The maximum absolute atomic E-state index is 6.44. The second-order valence-corrected chi connectivity index (χ2v) is 6.29. The van der Waals surface area contributed by atoms with Crippen LogP contribution in [0.25, 0.3) is 0 Å². The summed E-state index contributed by atoms with van der Waals surface area (Å²) in [5.41, 5.74) is 7.71. The number of hydrogen-bond donors (Lipinski definition) is 1. The lowest BCUT2D eigenvalue weighted by Crippen LogP contribution is -2.41. The molecule has 0 amide bonds. The van der Waals surface area contributed by atoms with Crippen LogP contribution in [-0.2, 0) is 0 Å². The highest BCUT2D eigenvalue weighted by atomic mass is 15.2. The average molecular weight is 274 g/mol. The summed E-state index contributed by atoms with van der Waals surface area (Å²) in [4.78, 5) is 2.66. The molecule has 1 aromatic carbocycles. The Bertz CT molecular complexity index is 370. The molecule has 1 aromatic rings. The fraction of sp³-hybridized carbons (Fsp3) is 0.667. The number of nitrogens with two attached hydrogens (primary N) is 1. The Kier molecular flexibility index (Phi) is 6.06. The van der Waals surface area contributed by atoms with Crippen molar-refractivity contribution in [3.63, 3.8) is 0 Å². The first kappa shape index (κ1) is 15.5. The van der Waals surface area contributed by atoms with Gasteiger partial charge in [-0.05, 0) is 30.9 Å². The molecule has 1 aliphatic carbocycles. The minimum Gasteiger partial charge on any atom is -0.324 e. The Balaban J connectivity index is 1.92. The zero-order valence-electron chi connectivity index (χ0n) is 13.1. The van der Waals surface area contributed by atoms with E-state index in [1.54, 1.807) is 0 Å². The average Bonchev–Trinajstić information content (AvgIpc) is 2.53. The van der Waals surface area contributed by atoms with E-state index < -0.39 is 0 Å². The summed E-state index contributed by atoms with van der Waals surface area (Å²) >= 11 is 0. The molecule has 1 aliphatic rings. The molecular formula is C18H30N2. The Labute approximate surface area is 124 Å². The summed E-state index contributed by atoms with van der Waals surface area (Å²) in [5.74, 6) is 0.499. The van der Waals surface area contributed by atoms with Gasteiger partial charge in [-0.15, -0.1) is 0 Å². The lowest BCUT2D eigenvalue weighted by molar-refractivity contribution is 0.136. The summed E-state index contributed by atoms with van der Waals surface area (Å²) in [7, 11) is 0. The van der Waals surface area contributed by atoms with Crippen molar-refractivity contribution < 1.29 is 0 Å². The Hall–Kier alpha value is -0.860. The summed E-state index contributed by atoms with van der Waals surface area (Å²) in [5, 5.41) is 0. The van der Waals surface area contributed by atoms with Crippen LogP contribution in [0.1, 0.15) is 57.6 Å². The van der Waals surface area contributed by atoms with E-state index in [1.165, 1.54) is 37.7 Å². The molecule has 20 heavy (non-hydrogen) atoms. The van der Waals surface area contributed by atoms with Gasteiger partial charge in [0, 0.05) is 18.6 Å². The predicted octanol–water partition coefficient (Wildman–Crippen LogP) is 3.98. The van der Waals surface area contributed by atoms with Crippen LogP contribution in [0.5, 0.6) is 0 Å². The maximum Gasteiger partial charge on any atom is 0.0333 e. The van der Waals surface area contributed by atoms with Crippen LogP contribution < -0.4 is 5.73 Å². The Morgan fingerprint density at radius 1 is 1.15 bits per heavy atom. The molecule has 0 saturated heterocycles. The first-order valence-corrected chi connectivity index (χ1v) is 8.27. The molecule has 0 aliphatic heterocycles. The van der Waals surface area contributed by atoms with E-state index in [2.05, 4.69) is 49.1 Å². The highest BCUT2D eigenvalue weighted by Gasteiger charge is 2.23. The molecule has 1 saturated carbocycles. The number of hydrogen-bond acceptors (Lipinski definition) is 2. The SMILES string of the molecule is CCN(CC(C)C(N)c1ccccc1)C1CCCCC1. The van der Waals surface area contributed by atoms with Crippen LogP contribution in [0.3, 0.4) is 0 Å². The van der Waals surface area contributed by atoms with E-state index >= 15 is 0 Å². The fourth-order valence-corrected chi connectivity index (χ4v) is 3.47. The molecule has 0 heterocycles. The van der Waals surface area contributed by atoms with Crippen molar-refractivity contribution >= 4 is 0 Å². The van der Waals surface area contributed by atoms with Crippen LogP contribution in [0.2, 0.25) is 0 Å². The molecule has 0 aromatic heterocycles. The van der Waals surface area contributed by atoms with Crippen molar-refractivity contribution in [1.29, 1.82) is 0 Å². The van der Waals surface area contributed by atoms with E-state index in [0.29, 0.717) is 5.92 Å². The van der Waals surface area contributed by atoms with Gasteiger partial charge in [-0.3, -0.25) is 0 Å². The van der Waals surface area contributed by atoms with Crippen LogP contribution >= 0.6 is 0 Å². The molecule has 2 nitrogen and oxygen atoms in total. The molecule has 2 rings (SSSR count). The van der Waals surface area contributed by atoms with Crippen molar-refractivity contribution in [2.24, 2.45) is 11.7 Å². The molecule has 112 valence electrons. The van der Waals surface area contributed by atoms with Crippen molar-refractivity contribution in [3.05, 3.63) is 35.9 Å². The third-order valence-corrected chi connectivity index (χ3v) is 4.82. The monoisotopic (exact) mass is 274 g/mol. The van der Waals surface area contributed by atoms with Crippen LogP contribution in [-0.4, -0.2) is 24.0 Å². The first-order valence-electron chi connectivity index (χ1n) is 8.27. The molecule has 2 unspecified atom stereocenters. The molecule has 2 atom stereocenters. The van der Waals surface area contributed by atoms with Crippen LogP contribution in [0, 0.1) is 5.92 Å². The first-order chi connectivity index (χ1) is 9.72. The van der Waals surface area contributed by atoms with E-state index in [4.69, 9.17) is 5.73 Å². The molecule has 0 bridgehead atoms. The summed E-state index contributed by atoms with van der Waals surface area (Å²) in [6.07, 6.45) is 6.98. The number of rotatable bonds is 6. The lowest BCUT2D eigenvalue weighted by atomic mass is 9.91. The van der Waals surface area contributed by atoms with E-state index in [0.717, 1.165) is 19.1 Å². The van der Waals surface area contributed by atoms with Gasteiger partial charge in [0.2, 0.25) is 0 Å². The smallest absolute Gasteiger partial charge is 0.0333 e. The minimum absolute atomic E-state index is 0.147. The maximum atomic E-state index is 6.44. The molecular weight excluding hydrogens is 244 g/mol. The van der Waals surface area contributed by atoms with Crippen molar-refractivity contribution in [1.82, 2.24) is 4.90 Å². The number of benzene rings is 1. The molecule has 0 radical (unpaired) electrons. The zero-order chi connectivity index (χ0) is 14.4. The lowest BCUT2D eigenvalue weighted by Gasteiger charge is -2.36. The van der Waals surface area contributed by atoms with Gasteiger partial charge >= 0.3 is 0 Å². The molecule has 2 heteroatoms. The molecule has 1 fully saturated rings. The second-order valence-electron chi connectivity index (χ2n) is 6.29. The second kappa shape index (κ2) is 7.80. The normalized spacial score (nSPS) is 20.0. The topological polar surface area (TPSA) is 29.3 Å². The van der Waals surface area contributed by atoms with Crippen molar-refractivity contribution in [2.45, 2.75) is 58.0 Å². The fourth-order valence-electron chi connectivity index (χ4n) is 3.47. The third kappa shape index (κ3) is 4.07.